The van der Waals surface area contributed by atoms with Crippen LogP contribution in [0.1, 0.15) is 22.7 Å². The second-order valence-corrected chi connectivity index (χ2v) is 5.27. The van der Waals surface area contributed by atoms with Gasteiger partial charge in [0, 0.05) is 11.3 Å². The monoisotopic (exact) mass is 328 g/mol. The quantitative estimate of drug-likeness (QED) is 0.782. The number of nitrogens with one attached hydrogen (secondary N) is 1. The number of aromatic amines is 1. The van der Waals surface area contributed by atoms with Crippen LogP contribution in [0.2, 0.25) is 0 Å². The second-order valence-electron chi connectivity index (χ2n) is 5.27. The molecule has 1 aliphatic rings. The van der Waals surface area contributed by atoms with E-state index in [4.69, 9.17) is 19.9 Å². The summed E-state index contributed by atoms with van der Waals surface area (Å²) in [6.45, 7) is 1.83. The van der Waals surface area contributed by atoms with Crippen LogP contribution in [0.4, 0.5) is 0 Å². The van der Waals surface area contributed by atoms with E-state index in [1.807, 2.05) is 6.92 Å². The van der Waals surface area contributed by atoms with E-state index in [9.17, 15) is 10.4 Å². The fourth-order valence-corrected chi connectivity index (χ4v) is 2.81. The van der Waals surface area contributed by atoms with E-state index in [0.717, 1.165) is 5.69 Å². The molecule has 8 nitrogen and oxygen atoms in total. The van der Waals surface area contributed by atoms with E-state index in [1.54, 1.807) is 12.1 Å². The SMILES string of the molecule is COc1cc([C@H]2C(C#N)=C(N)Oc3n[nH]c(C)c32)cc(OC)c1O. The summed E-state index contributed by atoms with van der Waals surface area (Å²) in [7, 11) is 2.87. The number of nitrogens with two attached hydrogens (primary N) is 1. The normalized spacial score (nSPS) is 16.2. The van der Waals surface area contributed by atoms with Crippen molar-refractivity contribution in [1.29, 1.82) is 5.26 Å². The van der Waals surface area contributed by atoms with Crippen LogP contribution < -0.4 is 19.9 Å². The standard InChI is InChI=1S/C16H16N4O4/c1-7-12-13(9(6-17)15(18)24-16(12)20-19-7)8-4-10(22-2)14(21)11(5-8)23-3/h4-5,13,21H,18H2,1-3H3,(H,19,20)/t13-/m0/s1. The topological polar surface area (TPSA) is 126 Å². The Hall–Kier alpha value is -3.34. The molecule has 1 aromatic carbocycles. The van der Waals surface area contributed by atoms with Gasteiger partial charge in [-0.15, -0.1) is 5.10 Å². The van der Waals surface area contributed by atoms with Crippen LogP contribution in [0.5, 0.6) is 23.1 Å². The molecule has 0 saturated heterocycles. The summed E-state index contributed by atoms with van der Waals surface area (Å²) in [5.74, 6) is 0.146. The number of nitrogens with zero attached hydrogens (tertiary/aromatic N) is 2. The third-order valence-electron chi connectivity index (χ3n) is 3.96. The smallest absolute Gasteiger partial charge is 0.244 e. The molecule has 0 radical (unpaired) electrons. The summed E-state index contributed by atoms with van der Waals surface area (Å²) in [5, 5.41) is 26.6. The highest BCUT2D eigenvalue weighted by Gasteiger charge is 2.35. The predicted molar refractivity (Wildman–Crippen MR) is 83.8 cm³/mol. The Morgan fingerprint density at radius 3 is 2.50 bits per heavy atom. The highest BCUT2D eigenvalue weighted by atomic mass is 16.5. The molecule has 4 N–H and O–H groups in total. The molecule has 1 aromatic heterocycles. The molecule has 3 rings (SSSR count). The third-order valence-corrected chi connectivity index (χ3v) is 3.96. The number of nitriles is 1. The maximum atomic E-state index is 10.1. The number of methoxy groups -OCH3 is 2. The number of ether oxygens (including phenoxy) is 3. The van der Waals surface area contributed by atoms with Crippen molar-refractivity contribution in [3.63, 3.8) is 0 Å². The number of benzene rings is 1. The van der Waals surface area contributed by atoms with Gasteiger partial charge in [0.1, 0.15) is 11.6 Å². The fourth-order valence-electron chi connectivity index (χ4n) is 2.81. The van der Waals surface area contributed by atoms with Gasteiger partial charge in [-0.25, -0.2) is 0 Å². The number of allylic oxidation sites excluding steroid dienone is 1. The van der Waals surface area contributed by atoms with Crippen molar-refractivity contribution < 1.29 is 19.3 Å². The number of H-pyrrole nitrogens is 1. The molecule has 0 bridgehead atoms. The molecule has 0 spiro atoms. The first kappa shape index (κ1) is 15.6. The summed E-state index contributed by atoms with van der Waals surface area (Å²) in [5.41, 5.74) is 8.25. The van der Waals surface area contributed by atoms with E-state index in [2.05, 4.69) is 16.3 Å². The lowest BCUT2D eigenvalue weighted by Crippen LogP contribution is -2.21. The van der Waals surface area contributed by atoms with Crippen LogP contribution in [0.3, 0.4) is 0 Å². The van der Waals surface area contributed by atoms with Gasteiger partial charge in [-0.05, 0) is 24.6 Å². The number of aromatic nitrogens is 2. The van der Waals surface area contributed by atoms with Crippen molar-refractivity contribution in [2.45, 2.75) is 12.8 Å². The minimum atomic E-state index is -0.513. The van der Waals surface area contributed by atoms with Gasteiger partial charge in [0.05, 0.1) is 20.1 Å². The number of aromatic hydroxyl groups is 1. The summed E-state index contributed by atoms with van der Waals surface area (Å²) in [4.78, 5) is 0. The Kier molecular flexibility index (Phi) is 3.69. The maximum Gasteiger partial charge on any atom is 0.244 e. The van der Waals surface area contributed by atoms with Crippen LogP contribution in [0.25, 0.3) is 0 Å². The zero-order chi connectivity index (χ0) is 17.4. The summed E-state index contributed by atoms with van der Waals surface area (Å²) >= 11 is 0. The van der Waals surface area contributed by atoms with Crippen LogP contribution in [-0.2, 0) is 0 Å². The van der Waals surface area contributed by atoms with E-state index in [-0.39, 0.29) is 28.7 Å². The number of rotatable bonds is 3. The molecule has 2 aromatic rings. The van der Waals surface area contributed by atoms with Crippen LogP contribution >= 0.6 is 0 Å². The Labute approximate surface area is 138 Å². The van der Waals surface area contributed by atoms with E-state index in [1.165, 1.54) is 14.2 Å². The van der Waals surface area contributed by atoms with Gasteiger partial charge < -0.3 is 25.1 Å². The minimum absolute atomic E-state index is 0.00694. The van der Waals surface area contributed by atoms with Crippen LogP contribution in [-0.4, -0.2) is 29.5 Å². The van der Waals surface area contributed by atoms with E-state index < -0.39 is 5.92 Å². The second kappa shape index (κ2) is 5.70. The molecule has 1 atom stereocenters. The van der Waals surface area contributed by atoms with Gasteiger partial charge in [0.2, 0.25) is 17.5 Å². The van der Waals surface area contributed by atoms with Gasteiger partial charge in [0.25, 0.3) is 0 Å². The van der Waals surface area contributed by atoms with Crippen molar-refractivity contribution in [3.8, 4) is 29.2 Å². The first-order valence-corrected chi connectivity index (χ1v) is 7.09. The molecule has 8 heteroatoms. The van der Waals surface area contributed by atoms with Crippen molar-refractivity contribution >= 4 is 0 Å². The lowest BCUT2D eigenvalue weighted by Gasteiger charge is -2.24. The molecule has 0 aliphatic carbocycles. The lowest BCUT2D eigenvalue weighted by molar-refractivity contribution is 0.338. The zero-order valence-corrected chi connectivity index (χ0v) is 13.4. The maximum absolute atomic E-state index is 10.1. The summed E-state index contributed by atoms with van der Waals surface area (Å²) in [6.07, 6.45) is 0. The Balaban J connectivity index is 2.28. The molecule has 0 fully saturated rings. The van der Waals surface area contributed by atoms with Crippen LogP contribution in [0.15, 0.2) is 23.6 Å². The number of fused-ring (bicyclic) bond motifs is 1. The Morgan fingerprint density at radius 2 is 1.96 bits per heavy atom. The van der Waals surface area contributed by atoms with Crippen molar-refractivity contribution in [2.75, 3.05) is 14.2 Å². The van der Waals surface area contributed by atoms with Gasteiger partial charge in [-0.1, -0.05) is 0 Å². The highest BCUT2D eigenvalue weighted by Crippen LogP contribution is 2.46. The molecule has 0 saturated carbocycles. The van der Waals surface area contributed by atoms with E-state index in [0.29, 0.717) is 17.0 Å². The van der Waals surface area contributed by atoms with Crippen molar-refractivity contribution in [3.05, 3.63) is 40.4 Å². The lowest BCUT2D eigenvalue weighted by atomic mass is 9.84. The first-order chi connectivity index (χ1) is 11.5. The zero-order valence-electron chi connectivity index (χ0n) is 13.4. The molecule has 124 valence electrons. The summed E-state index contributed by atoms with van der Waals surface area (Å²) < 4.78 is 15.8. The molecule has 1 aliphatic heterocycles. The van der Waals surface area contributed by atoms with Crippen LogP contribution in [0, 0.1) is 18.3 Å². The molecule has 0 amide bonds. The Bertz CT molecular complexity index is 854. The predicted octanol–water partition coefficient (Wildman–Crippen LogP) is 1.66. The largest absolute Gasteiger partial charge is 0.502 e. The first-order valence-electron chi connectivity index (χ1n) is 7.09. The average molecular weight is 328 g/mol. The minimum Gasteiger partial charge on any atom is -0.502 e. The van der Waals surface area contributed by atoms with Gasteiger partial charge in [-0.2, -0.15) is 5.26 Å². The molecular weight excluding hydrogens is 312 g/mol. The van der Waals surface area contributed by atoms with E-state index >= 15 is 0 Å². The molecular formula is C16H16N4O4. The van der Waals surface area contributed by atoms with Crippen molar-refractivity contribution in [2.24, 2.45) is 5.73 Å². The average Bonchev–Trinajstić information content (AvgIpc) is 2.94. The number of hydrogen-bond donors (Lipinski definition) is 3. The molecule has 24 heavy (non-hydrogen) atoms. The van der Waals surface area contributed by atoms with Gasteiger partial charge >= 0.3 is 0 Å². The molecule has 0 unspecified atom stereocenters. The van der Waals surface area contributed by atoms with Crippen molar-refractivity contribution in [1.82, 2.24) is 10.2 Å². The highest BCUT2D eigenvalue weighted by molar-refractivity contribution is 5.60. The number of aryl methyl sites for hydroxylation is 1. The van der Waals surface area contributed by atoms with Gasteiger partial charge in [0.15, 0.2) is 11.5 Å². The third kappa shape index (κ3) is 2.18. The Morgan fingerprint density at radius 1 is 1.33 bits per heavy atom. The fraction of sp³-hybridized carbons (Fsp3) is 0.250. The molecule has 2 heterocycles. The number of phenols is 1. The number of phenolic OH excluding ortho intramolecular Hbond substituents is 1. The number of hydrogen-bond acceptors (Lipinski definition) is 7. The van der Waals surface area contributed by atoms with Gasteiger partial charge in [-0.3, -0.25) is 5.10 Å². The summed E-state index contributed by atoms with van der Waals surface area (Å²) in [6, 6.07) is 5.36.